The molecule has 0 spiro atoms. The van der Waals surface area contributed by atoms with E-state index in [9.17, 15) is 4.79 Å². The summed E-state index contributed by atoms with van der Waals surface area (Å²) in [6.45, 7) is 5.11. The zero-order chi connectivity index (χ0) is 23.1. The number of amides is 1. The molecule has 1 heterocycles. The van der Waals surface area contributed by atoms with Gasteiger partial charge in [-0.1, -0.05) is 60.7 Å². The van der Waals surface area contributed by atoms with Crippen molar-refractivity contribution in [2.24, 2.45) is 0 Å². The molecule has 0 aliphatic carbocycles. The van der Waals surface area contributed by atoms with Crippen LogP contribution in [0.3, 0.4) is 0 Å². The molecule has 0 bridgehead atoms. The summed E-state index contributed by atoms with van der Waals surface area (Å²) < 4.78 is 24.4. The van der Waals surface area contributed by atoms with Crippen LogP contribution in [0.4, 0.5) is 0 Å². The molecule has 1 saturated heterocycles. The minimum absolute atomic E-state index is 0.00370. The fourth-order valence-electron chi connectivity index (χ4n) is 3.80. The van der Waals surface area contributed by atoms with Crippen molar-refractivity contribution in [3.63, 3.8) is 0 Å². The molecule has 0 unspecified atom stereocenters. The van der Waals surface area contributed by atoms with Gasteiger partial charge in [-0.25, -0.2) is 0 Å². The fraction of sp³-hybridized carbons (Fsp3) is 0.519. The lowest BCUT2D eigenvalue weighted by atomic mass is 10.0. The minimum atomic E-state index is -0.107. The van der Waals surface area contributed by atoms with E-state index in [4.69, 9.17) is 18.9 Å². The lowest BCUT2D eigenvalue weighted by Crippen LogP contribution is -2.45. The molecular weight excluding hydrogens is 418 g/mol. The van der Waals surface area contributed by atoms with Crippen molar-refractivity contribution >= 4 is 5.91 Å². The van der Waals surface area contributed by atoms with E-state index in [1.54, 1.807) is 6.92 Å². The standard InChI is InChI=1S/C27H37NO5/c1-22(29)28-15-9-4-10-16-30-21-27-26(32-19-24-13-7-3-8-14-24)17-25(20-33-27)31-18-23-11-5-2-6-12-23/h2-3,5-8,11-14,25-27H,4,9-10,15-21H2,1H3,(H,28,29)/t25-,26+,27-/m1/s1. The monoisotopic (exact) mass is 455 g/mol. The first kappa shape index (κ1) is 25.4. The molecule has 1 aliphatic heterocycles. The highest BCUT2D eigenvalue weighted by Gasteiger charge is 2.33. The number of carbonyl (C=O) groups is 1. The quantitative estimate of drug-likeness (QED) is 0.431. The van der Waals surface area contributed by atoms with Crippen LogP contribution in [0, 0.1) is 0 Å². The van der Waals surface area contributed by atoms with Crippen LogP contribution < -0.4 is 5.32 Å². The molecule has 6 nitrogen and oxygen atoms in total. The number of hydrogen-bond donors (Lipinski definition) is 1. The molecule has 3 rings (SSSR count). The molecule has 0 aromatic heterocycles. The second-order valence-corrected chi connectivity index (χ2v) is 8.48. The van der Waals surface area contributed by atoms with Crippen LogP contribution in [0.1, 0.15) is 43.7 Å². The average Bonchev–Trinajstić information content (AvgIpc) is 2.85. The molecule has 3 atom stereocenters. The largest absolute Gasteiger partial charge is 0.379 e. The van der Waals surface area contributed by atoms with E-state index in [1.807, 2.05) is 36.4 Å². The van der Waals surface area contributed by atoms with E-state index in [0.717, 1.165) is 43.4 Å². The maximum Gasteiger partial charge on any atom is 0.216 e. The number of benzene rings is 2. The molecular formula is C27H37NO5. The van der Waals surface area contributed by atoms with Crippen molar-refractivity contribution in [1.29, 1.82) is 0 Å². The summed E-state index contributed by atoms with van der Waals surface area (Å²) in [4.78, 5) is 10.9. The molecule has 33 heavy (non-hydrogen) atoms. The van der Waals surface area contributed by atoms with Crippen LogP contribution in [0.25, 0.3) is 0 Å². The normalized spacial score (nSPS) is 20.5. The van der Waals surface area contributed by atoms with Crippen molar-refractivity contribution < 1.29 is 23.7 Å². The van der Waals surface area contributed by atoms with Gasteiger partial charge in [0.1, 0.15) is 6.10 Å². The molecule has 1 fully saturated rings. The van der Waals surface area contributed by atoms with Crippen molar-refractivity contribution in [3.8, 4) is 0 Å². The van der Waals surface area contributed by atoms with Crippen LogP contribution in [0.15, 0.2) is 60.7 Å². The van der Waals surface area contributed by atoms with E-state index in [-0.39, 0.29) is 24.2 Å². The average molecular weight is 456 g/mol. The predicted molar refractivity (Wildman–Crippen MR) is 128 cm³/mol. The lowest BCUT2D eigenvalue weighted by Gasteiger charge is -2.36. The van der Waals surface area contributed by atoms with Gasteiger partial charge in [-0.15, -0.1) is 0 Å². The molecule has 1 amide bonds. The molecule has 6 heteroatoms. The van der Waals surface area contributed by atoms with Gasteiger partial charge in [0, 0.05) is 26.5 Å². The molecule has 0 radical (unpaired) electrons. The highest BCUT2D eigenvalue weighted by molar-refractivity contribution is 5.72. The van der Waals surface area contributed by atoms with Gasteiger partial charge < -0.3 is 24.3 Å². The van der Waals surface area contributed by atoms with Crippen molar-refractivity contribution in [2.45, 2.75) is 64.1 Å². The van der Waals surface area contributed by atoms with Crippen LogP contribution in [0.5, 0.6) is 0 Å². The van der Waals surface area contributed by atoms with Crippen molar-refractivity contribution in [1.82, 2.24) is 5.32 Å². The number of ether oxygens (including phenoxy) is 4. The predicted octanol–water partition coefficient (Wildman–Crippen LogP) is 4.27. The molecule has 2 aromatic rings. The highest BCUT2D eigenvalue weighted by atomic mass is 16.6. The second kappa shape index (κ2) is 14.8. The molecule has 180 valence electrons. The van der Waals surface area contributed by atoms with Gasteiger partial charge in [-0.05, 0) is 30.4 Å². The zero-order valence-electron chi connectivity index (χ0n) is 19.6. The summed E-state index contributed by atoms with van der Waals surface area (Å²) >= 11 is 0. The van der Waals surface area contributed by atoms with Gasteiger partial charge in [0.25, 0.3) is 0 Å². The van der Waals surface area contributed by atoms with E-state index < -0.39 is 0 Å². The van der Waals surface area contributed by atoms with Crippen LogP contribution in [0.2, 0.25) is 0 Å². The van der Waals surface area contributed by atoms with Gasteiger partial charge in [-0.2, -0.15) is 0 Å². The Hall–Kier alpha value is -2.25. The SMILES string of the molecule is CC(=O)NCCCCCOC[C@H]1OC[C@H](OCc2ccccc2)C[C@@H]1OCc1ccccc1. The number of unbranched alkanes of at least 4 members (excludes halogenated alkanes) is 2. The van der Waals surface area contributed by atoms with E-state index in [1.165, 1.54) is 0 Å². The van der Waals surface area contributed by atoms with Gasteiger partial charge >= 0.3 is 0 Å². The Balaban J connectivity index is 1.42. The second-order valence-electron chi connectivity index (χ2n) is 8.48. The third-order valence-electron chi connectivity index (χ3n) is 5.66. The van der Waals surface area contributed by atoms with E-state index in [0.29, 0.717) is 33.0 Å². The lowest BCUT2D eigenvalue weighted by molar-refractivity contribution is -0.180. The summed E-state index contributed by atoms with van der Waals surface area (Å²) in [7, 11) is 0. The first-order chi connectivity index (χ1) is 16.2. The summed E-state index contributed by atoms with van der Waals surface area (Å²) in [5, 5.41) is 2.82. The first-order valence-corrected chi connectivity index (χ1v) is 12.0. The molecule has 1 N–H and O–H groups in total. The first-order valence-electron chi connectivity index (χ1n) is 12.0. The van der Waals surface area contributed by atoms with E-state index in [2.05, 4.69) is 29.6 Å². The number of carbonyl (C=O) groups excluding carboxylic acids is 1. The Morgan fingerprint density at radius 2 is 1.61 bits per heavy atom. The topological polar surface area (TPSA) is 66.0 Å². The molecule has 2 aromatic carbocycles. The van der Waals surface area contributed by atoms with Crippen molar-refractivity contribution in [2.75, 3.05) is 26.4 Å². The summed E-state index contributed by atoms with van der Waals surface area (Å²) in [5.74, 6) is 0.0216. The van der Waals surface area contributed by atoms with Crippen molar-refractivity contribution in [3.05, 3.63) is 71.8 Å². The third kappa shape index (κ3) is 10.0. The van der Waals surface area contributed by atoms with Crippen LogP contribution >= 0.6 is 0 Å². The van der Waals surface area contributed by atoms with Crippen LogP contribution in [-0.4, -0.2) is 50.6 Å². The Labute approximate surface area is 197 Å². The Morgan fingerprint density at radius 1 is 0.939 bits per heavy atom. The Morgan fingerprint density at radius 3 is 2.27 bits per heavy atom. The van der Waals surface area contributed by atoms with Gasteiger partial charge in [0.05, 0.1) is 38.6 Å². The third-order valence-corrected chi connectivity index (χ3v) is 5.66. The smallest absolute Gasteiger partial charge is 0.216 e. The summed E-state index contributed by atoms with van der Waals surface area (Å²) in [5.41, 5.74) is 2.30. The Kier molecular flexibility index (Phi) is 11.4. The maximum atomic E-state index is 10.9. The van der Waals surface area contributed by atoms with Gasteiger partial charge in [0.15, 0.2) is 0 Å². The minimum Gasteiger partial charge on any atom is -0.379 e. The number of hydrogen-bond acceptors (Lipinski definition) is 5. The van der Waals surface area contributed by atoms with Gasteiger partial charge in [-0.3, -0.25) is 4.79 Å². The maximum absolute atomic E-state index is 10.9. The van der Waals surface area contributed by atoms with Gasteiger partial charge in [0.2, 0.25) is 5.91 Å². The number of nitrogens with one attached hydrogen (secondary N) is 1. The van der Waals surface area contributed by atoms with E-state index >= 15 is 0 Å². The zero-order valence-corrected chi connectivity index (χ0v) is 19.6. The molecule has 0 saturated carbocycles. The van der Waals surface area contributed by atoms with Crippen LogP contribution in [-0.2, 0) is 37.0 Å². The fourth-order valence-corrected chi connectivity index (χ4v) is 3.80. The summed E-state index contributed by atoms with van der Waals surface area (Å²) in [6.07, 6.45) is 3.54. The highest BCUT2D eigenvalue weighted by Crippen LogP contribution is 2.23. The Bertz CT molecular complexity index is 786. The summed E-state index contributed by atoms with van der Waals surface area (Å²) in [6, 6.07) is 20.4. The molecule has 1 aliphatic rings. The number of rotatable bonds is 14.